The van der Waals surface area contributed by atoms with Gasteiger partial charge in [-0.3, -0.25) is 9.59 Å². The number of halogens is 1. The molecule has 1 saturated heterocycles. The topological polar surface area (TPSA) is 73.8 Å². The summed E-state index contributed by atoms with van der Waals surface area (Å²) in [6.45, 7) is 1.32. The third kappa shape index (κ3) is 3.84. The molecule has 0 radical (unpaired) electrons. The van der Waals surface area contributed by atoms with Gasteiger partial charge in [-0.05, 0) is 18.6 Å². The van der Waals surface area contributed by atoms with Crippen molar-refractivity contribution in [2.75, 3.05) is 30.0 Å². The highest BCUT2D eigenvalue weighted by atomic mass is 35.5. The minimum Gasteiger partial charge on any atom is -0.341 e. The lowest BCUT2D eigenvalue weighted by molar-refractivity contribution is -0.116. The number of nitrogens with one attached hydrogen (secondary N) is 2. The normalized spacial score (nSPS) is 20.0. The molecule has 0 saturated carbocycles. The van der Waals surface area contributed by atoms with Crippen LogP contribution in [-0.4, -0.2) is 52.5 Å². The standard InChI is InChI=1S/C16H19ClN4O2S/c17-6-2-5-14(22)19-12-4-1-3-11(9-12)15-20-18-10-13-16(23)24-8-7-21(13)15/h1,3-4,9,13,18H,2,5-8,10H2,(H,19,22). The van der Waals surface area contributed by atoms with Gasteiger partial charge in [0, 0.05) is 35.8 Å². The van der Waals surface area contributed by atoms with Crippen molar-refractivity contribution >= 4 is 45.9 Å². The van der Waals surface area contributed by atoms with Crippen LogP contribution in [0.15, 0.2) is 29.4 Å². The van der Waals surface area contributed by atoms with Crippen molar-refractivity contribution in [3.05, 3.63) is 29.8 Å². The number of carbonyl (C=O) groups is 2. The van der Waals surface area contributed by atoms with Gasteiger partial charge in [0.2, 0.25) is 11.0 Å². The van der Waals surface area contributed by atoms with Crippen LogP contribution in [0, 0.1) is 0 Å². The van der Waals surface area contributed by atoms with E-state index >= 15 is 0 Å². The van der Waals surface area contributed by atoms with Crippen molar-refractivity contribution in [2.24, 2.45) is 5.10 Å². The minimum absolute atomic E-state index is 0.0565. The number of benzene rings is 1. The maximum Gasteiger partial charge on any atom is 0.224 e. The van der Waals surface area contributed by atoms with Crippen molar-refractivity contribution in [3.63, 3.8) is 0 Å². The molecule has 0 spiro atoms. The van der Waals surface area contributed by atoms with Gasteiger partial charge >= 0.3 is 0 Å². The summed E-state index contributed by atoms with van der Waals surface area (Å²) in [5, 5.41) is 7.44. The zero-order chi connectivity index (χ0) is 16.9. The molecule has 128 valence electrons. The lowest BCUT2D eigenvalue weighted by Crippen LogP contribution is -2.56. The molecular weight excluding hydrogens is 348 g/mol. The van der Waals surface area contributed by atoms with Gasteiger partial charge < -0.3 is 15.6 Å². The van der Waals surface area contributed by atoms with E-state index < -0.39 is 0 Å². The Morgan fingerprint density at radius 3 is 3.21 bits per heavy atom. The van der Waals surface area contributed by atoms with Crippen LogP contribution in [0.3, 0.4) is 0 Å². The van der Waals surface area contributed by atoms with Gasteiger partial charge in [0.15, 0.2) is 5.84 Å². The predicted octanol–water partition coefficient (Wildman–Crippen LogP) is 1.85. The zero-order valence-electron chi connectivity index (χ0n) is 13.1. The number of fused-ring (bicyclic) bond motifs is 1. The first-order chi connectivity index (χ1) is 11.7. The number of alkyl halides is 1. The largest absolute Gasteiger partial charge is 0.341 e. The highest BCUT2D eigenvalue weighted by molar-refractivity contribution is 8.13. The SMILES string of the molecule is O=C(CCCCl)Nc1cccc(C2=NNCC3C(=O)SCCN23)c1. The molecular formula is C16H19ClN4O2S. The molecule has 2 heterocycles. The lowest BCUT2D eigenvalue weighted by Gasteiger charge is -2.39. The van der Waals surface area contributed by atoms with Gasteiger partial charge in [0.1, 0.15) is 6.04 Å². The third-order valence-electron chi connectivity index (χ3n) is 3.91. The van der Waals surface area contributed by atoms with Crippen molar-refractivity contribution in [2.45, 2.75) is 18.9 Å². The molecule has 1 aromatic carbocycles. The van der Waals surface area contributed by atoms with Crippen molar-refractivity contribution in [1.82, 2.24) is 10.3 Å². The smallest absolute Gasteiger partial charge is 0.224 e. The first kappa shape index (κ1) is 17.1. The summed E-state index contributed by atoms with van der Waals surface area (Å²) in [6, 6.07) is 7.35. The molecule has 1 fully saturated rings. The number of thioether (sulfide) groups is 1. The minimum atomic E-state index is -0.182. The van der Waals surface area contributed by atoms with Crippen molar-refractivity contribution in [1.29, 1.82) is 0 Å². The van der Waals surface area contributed by atoms with Gasteiger partial charge in [0.05, 0.1) is 6.54 Å². The lowest BCUT2D eigenvalue weighted by atomic mass is 10.1. The Hall–Kier alpha value is -1.73. The molecule has 0 bridgehead atoms. The number of amidine groups is 1. The van der Waals surface area contributed by atoms with E-state index in [1.165, 1.54) is 11.8 Å². The Bertz CT molecular complexity index is 667. The number of anilines is 1. The van der Waals surface area contributed by atoms with Crippen LogP contribution >= 0.6 is 23.4 Å². The van der Waals surface area contributed by atoms with Crippen LogP contribution in [0.2, 0.25) is 0 Å². The molecule has 0 aromatic heterocycles. The number of amides is 1. The van der Waals surface area contributed by atoms with Crippen LogP contribution in [0.25, 0.3) is 0 Å². The second-order valence-electron chi connectivity index (χ2n) is 5.60. The predicted molar refractivity (Wildman–Crippen MR) is 97.5 cm³/mol. The van der Waals surface area contributed by atoms with E-state index in [4.69, 9.17) is 11.6 Å². The zero-order valence-corrected chi connectivity index (χ0v) is 14.7. The summed E-state index contributed by atoms with van der Waals surface area (Å²) in [4.78, 5) is 26.0. The third-order valence-corrected chi connectivity index (χ3v) is 5.12. The number of rotatable bonds is 5. The Labute approximate surface area is 150 Å². The van der Waals surface area contributed by atoms with E-state index in [1.54, 1.807) is 0 Å². The summed E-state index contributed by atoms with van der Waals surface area (Å²) in [7, 11) is 0. The first-order valence-electron chi connectivity index (χ1n) is 7.89. The molecule has 2 aliphatic rings. The number of hydrazone groups is 1. The van der Waals surface area contributed by atoms with Crippen LogP contribution in [0.5, 0.6) is 0 Å². The van der Waals surface area contributed by atoms with Gasteiger partial charge in [0.25, 0.3) is 0 Å². The first-order valence-corrected chi connectivity index (χ1v) is 9.41. The number of hydrogen-bond acceptors (Lipinski definition) is 6. The fourth-order valence-electron chi connectivity index (χ4n) is 2.76. The second kappa shape index (κ2) is 7.90. The molecule has 0 aliphatic carbocycles. The van der Waals surface area contributed by atoms with E-state index in [0.717, 1.165) is 29.4 Å². The van der Waals surface area contributed by atoms with E-state index in [2.05, 4.69) is 15.8 Å². The Morgan fingerprint density at radius 2 is 2.38 bits per heavy atom. The quantitative estimate of drug-likeness (QED) is 0.778. The van der Waals surface area contributed by atoms with Crippen LogP contribution < -0.4 is 10.7 Å². The van der Waals surface area contributed by atoms with Gasteiger partial charge in [-0.25, -0.2) is 0 Å². The molecule has 6 nitrogen and oxygen atoms in total. The Balaban J connectivity index is 1.77. The summed E-state index contributed by atoms with van der Waals surface area (Å²) in [5.41, 5.74) is 4.56. The van der Waals surface area contributed by atoms with E-state index in [0.29, 0.717) is 25.3 Å². The van der Waals surface area contributed by atoms with Gasteiger partial charge in [-0.2, -0.15) is 5.10 Å². The van der Waals surface area contributed by atoms with E-state index in [9.17, 15) is 9.59 Å². The monoisotopic (exact) mass is 366 g/mol. The summed E-state index contributed by atoms with van der Waals surface area (Å²) in [6.07, 6.45) is 1.05. The highest BCUT2D eigenvalue weighted by Gasteiger charge is 2.35. The fourth-order valence-corrected chi connectivity index (χ4v) is 3.79. The average molecular weight is 367 g/mol. The number of carbonyl (C=O) groups excluding carboxylic acids is 2. The highest BCUT2D eigenvalue weighted by Crippen LogP contribution is 2.24. The summed E-state index contributed by atoms with van der Waals surface area (Å²) in [5.74, 6) is 1.93. The molecule has 1 aromatic rings. The molecule has 8 heteroatoms. The van der Waals surface area contributed by atoms with Crippen LogP contribution in [-0.2, 0) is 9.59 Å². The molecule has 1 amide bonds. The van der Waals surface area contributed by atoms with Gasteiger partial charge in [-0.15, -0.1) is 11.6 Å². The summed E-state index contributed by atoms with van der Waals surface area (Å²) >= 11 is 6.99. The molecule has 2 N–H and O–H groups in total. The summed E-state index contributed by atoms with van der Waals surface area (Å²) < 4.78 is 0. The fraction of sp³-hybridized carbons (Fsp3) is 0.438. The molecule has 1 atom stereocenters. The Kier molecular flexibility index (Phi) is 5.63. The second-order valence-corrected chi connectivity index (χ2v) is 7.07. The van der Waals surface area contributed by atoms with Crippen molar-refractivity contribution in [3.8, 4) is 0 Å². The average Bonchev–Trinajstić information content (AvgIpc) is 2.60. The van der Waals surface area contributed by atoms with Crippen LogP contribution in [0.4, 0.5) is 5.69 Å². The molecule has 24 heavy (non-hydrogen) atoms. The number of hydrogen-bond donors (Lipinski definition) is 2. The van der Waals surface area contributed by atoms with Gasteiger partial charge in [-0.1, -0.05) is 23.9 Å². The molecule has 1 unspecified atom stereocenters. The van der Waals surface area contributed by atoms with E-state index in [1.807, 2.05) is 29.2 Å². The maximum absolute atomic E-state index is 12.1. The number of nitrogens with zero attached hydrogens (tertiary/aromatic N) is 2. The Morgan fingerprint density at radius 1 is 1.50 bits per heavy atom. The van der Waals surface area contributed by atoms with Crippen molar-refractivity contribution < 1.29 is 9.59 Å². The molecule has 2 aliphatic heterocycles. The van der Waals surface area contributed by atoms with Crippen LogP contribution in [0.1, 0.15) is 18.4 Å². The molecule has 3 rings (SSSR count). The maximum atomic E-state index is 12.1. The van der Waals surface area contributed by atoms with E-state index in [-0.39, 0.29) is 17.1 Å².